The summed E-state index contributed by atoms with van der Waals surface area (Å²) in [5.74, 6) is -0.395. The van der Waals surface area contributed by atoms with Gasteiger partial charge in [0.15, 0.2) is 0 Å². The molecule has 0 aliphatic heterocycles. The Bertz CT molecular complexity index is 524. The van der Waals surface area contributed by atoms with E-state index in [1.54, 1.807) is 10.7 Å². The predicted octanol–water partition coefficient (Wildman–Crippen LogP) is 2.67. The number of nitrogens with zero attached hydrogens (tertiary/aromatic N) is 3. The van der Waals surface area contributed by atoms with E-state index >= 15 is 0 Å². The van der Waals surface area contributed by atoms with Gasteiger partial charge in [0.2, 0.25) is 0 Å². The maximum atomic E-state index is 13.3. The largest absolute Gasteiger partial charge is 0.382 e. The van der Waals surface area contributed by atoms with Gasteiger partial charge in [0.25, 0.3) is 0 Å². The first-order chi connectivity index (χ1) is 8.61. The monoisotopic (exact) mass is 313 g/mol. The first-order valence-corrected chi connectivity index (χ1v) is 6.43. The topological polar surface area (TPSA) is 50.9 Å². The summed E-state index contributed by atoms with van der Waals surface area (Å²) >= 11 is 3.20. The average molecular weight is 314 g/mol. The van der Waals surface area contributed by atoms with Gasteiger partial charge in [-0.1, -0.05) is 28.1 Å². The van der Waals surface area contributed by atoms with Gasteiger partial charge in [-0.2, -0.15) is 0 Å². The van der Waals surface area contributed by atoms with Crippen molar-refractivity contribution in [1.82, 2.24) is 15.0 Å². The molecule has 0 aliphatic rings. The number of hydrogen-bond donors (Lipinski definition) is 1. The Morgan fingerprint density at radius 1 is 1.44 bits per heavy atom. The van der Waals surface area contributed by atoms with Crippen molar-refractivity contribution in [2.45, 2.75) is 26.0 Å². The fourth-order valence-corrected chi connectivity index (χ4v) is 2.25. The molecule has 1 heterocycles. The van der Waals surface area contributed by atoms with Crippen LogP contribution in [-0.4, -0.2) is 20.1 Å². The van der Waals surface area contributed by atoms with Crippen molar-refractivity contribution < 1.29 is 9.50 Å². The van der Waals surface area contributed by atoms with E-state index in [1.807, 2.05) is 6.92 Å². The number of rotatable bonds is 4. The fourth-order valence-electron chi connectivity index (χ4n) is 1.77. The lowest BCUT2D eigenvalue weighted by Crippen LogP contribution is -2.10. The standard InChI is InChI=1S/C12H13BrFN3O/c1-2-3-17-11(7-15-16-17)12(18)8-4-9(13)6-10(14)5-8/h4-7,12,18H,2-3H2,1H3. The van der Waals surface area contributed by atoms with Gasteiger partial charge in [-0.05, 0) is 30.2 Å². The minimum atomic E-state index is -0.932. The Morgan fingerprint density at radius 2 is 2.22 bits per heavy atom. The smallest absolute Gasteiger partial charge is 0.124 e. The quantitative estimate of drug-likeness (QED) is 0.944. The Hall–Kier alpha value is -1.27. The molecule has 1 unspecified atom stereocenters. The van der Waals surface area contributed by atoms with Crippen molar-refractivity contribution in [3.8, 4) is 0 Å². The number of benzene rings is 1. The predicted molar refractivity (Wildman–Crippen MR) is 68.5 cm³/mol. The first-order valence-electron chi connectivity index (χ1n) is 5.64. The van der Waals surface area contributed by atoms with E-state index in [1.165, 1.54) is 18.3 Å². The van der Waals surface area contributed by atoms with Crippen molar-refractivity contribution in [1.29, 1.82) is 0 Å². The molecule has 1 aromatic carbocycles. The number of aromatic nitrogens is 3. The van der Waals surface area contributed by atoms with Crippen LogP contribution in [0.1, 0.15) is 30.7 Å². The van der Waals surface area contributed by atoms with Crippen molar-refractivity contribution in [3.05, 3.63) is 45.9 Å². The molecule has 0 bridgehead atoms. The van der Waals surface area contributed by atoms with Gasteiger partial charge in [0, 0.05) is 11.0 Å². The number of halogens is 2. The van der Waals surface area contributed by atoms with Gasteiger partial charge in [-0.3, -0.25) is 0 Å². The number of aliphatic hydroxyl groups is 1. The Labute approximate surface area is 113 Å². The summed E-state index contributed by atoms with van der Waals surface area (Å²) in [5.41, 5.74) is 1.04. The van der Waals surface area contributed by atoms with E-state index in [0.717, 1.165) is 6.42 Å². The summed E-state index contributed by atoms with van der Waals surface area (Å²) in [7, 11) is 0. The van der Waals surface area contributed by atoms with E-state index in [0.29, 0.717) is 22.3 Å². The molecule has 2 aromatic rings. The minimum Gasteiger partial charge on any atom is -0.382 e. The van der Waals surface area contributed by atoms with Crippen LogP contribution >= 0.6 is 15.9 Å². The zero-order valence-electron chi connectivity index (χ0n) is 9.85. The SMILES string of the molecule is CCCn1nncc1C(O)c1cc(F)cc(Br)c1. The lowest BCUT2D eigenvalue weighted by atomic mass is 10.1. The molecule has 4 nitrogen and oxygen atoms in total. The van der Waals surface area contributed by atoms with E-state index in [-0.39, 0.29) is 0 Å². The summed E-state index contributed by atoms with van der Waals surface area (Å²) in [4.78, 5) is 0. The highest BCUT2D eigenvalue weighted by Gasteiger charge is 2.17. The van der Waals surface area contributed by atoms with Crippen LogP contribution in [0, 0.1) is 5.82 Å². The summed E-state index contributed by atoms with van der Waals surface area (Å²) in [6.07, 6.45) is 1.45. The molecule has 0 saturated carbocycles. The molecular weight excluding hydrogens is 301 g/mol. The van der Waals surface area contributed by atoms with Gasteiger partial charge in [0.05, 0.1) is 11.9 Å². The molecule has 18 heavy (non-hydrogen) atoms. The normalized spacial score (nSPS) is 12.7. The zero-order chi connectivity index (χ0) is 13.1. The van der Waals surface area contributed by atoms with Crippen molar-refractivity contribution >= 4 is 15.9 Å². The van der Waals surface area contributed by atoms with E-state index in [2.05, 4.69) is 26.2 Å². The molecule has 96 valence electrons. The second kappa shape index (κ2) is 5.58. The third-order valence-corrected chi connectivity index (χ3v) is 3.02. The van der Waals surface area contributed by atoms with Crippen molar-refractivity contribution in [3.63, 3.8) is 0 Å². The van der Waals surface area contributed by atoms with Crippen LogP contribution in [0.3, 0.4) is 0 Å². The molecule has 0 spiro atoms. The molecule has 0 fully saturated rings. The van der Waals surface area contributed by atoms with Gasteiger partial charge in [0.1, 0.15) is 11.9 Å². The third kappa shape index (κ3) is 2.76. The first kappa shape index (κ1) is 13.2. The second-order valence-electron chi connectivity index (χ2n) is 3.99. The zero-order valence-corrected chi connectivity index (χ0v) is 11.4. The Balaban J connectivity index is 2.34. The molecule has 1 N–H and O–H groups in total. The van der Waals surface area contributed by atoms with E-state index in [4.69, 9.17) is 0 Å². The lowest BCUT2D eigenvalue weighted by molar-refractivity contribution is 0.207. The summed E-state index contributed by atoms with van der Waals surface area (Å²) in [6, 6.07) is 4.33. The summed E-state index contributed by atoms with van der Waals surface area (Å²) in [6.45, 7) is 2.68. The Kier molecular flexibility index (Phi) is 4.08. The molecule has 1 aromatic heterocycles. The van der Waals surface area contributed by atoms with Gasteiger partial charge >= 0.3 is 0 Å². The molecule has 0 amide bonds. The van der Waals surface area contributed by atoms with Crippen LogP contribution < -0.4 is 0 Å². The number of hydrogen-bond acceptors (Lipinski definition) is 3. The van der Waals surface area contributed by atoms with Crippen LogP contribution in [0.15, 0.2) is 28.9 Å². The van der Waals surface area contributed by atoms with Gasteiger partial charge in [-0.15, -0.1) is 5.10 Å². The average Bonchev–Trinajstić information content (AvgIpc) is 2.75. The molecule has 0 saturated heterocycles. The van der Waals surface area contributed by atoms with E-state index < -0.39 is 11.9 Å². The van der Waals surface area contributed by atoms with Crippen LogP contribution in [0.5, 0.6) is 0 Å². The molecular formula is C12H13BrFN3O. The van der Waals surface area contributed by atoms with Crippen molar-refractivity contribution in [2.24, 2.45) is 0 Å². The maximum Gasteiger partial charge on any atom is 0.124 e. The molecule has 1 atom stereocenters. The number of aliphatic hydroxyl groups excluding tert-OH is 1. The van der Waals surface area contributed by atoms with E-state index in [9.17, 15) is 9.50 Å². The van der Waals surface area contributed by atoms with Crippen molar-refractivity contribution in [2.75, 3.05) is 0 Å². The summed E-state index contributed by atoms with van der Waals surface area (Å²) in [5, 5.41) is 17.9. The van der Waals surface area contributed by atoms with Crippen LogP contribution in [-0.2, 0) is 6.54 Å². The summed E-state index contributed by atoms with van der Waals surface area (Å²) < 4.78 is 15.5. The molecule has 0 radical (unpaired) electrons. The highest BCUT2D eigenvalue weighted by Crippen LogP contribution is 2.25. The molecule has 2 rings (SSSR count). The fraction of sp³-hybridized carbons (Fsp3) is 0.333. The lowest BCUT2D eigenvalue weighted by Gasteiger charge is -2.12. The van der Waals surface area contributed by atoms with Crippen LogP contribution in [0.2, 0.25) is 0 Å². The molecule has 6 heteroatoms. The minimum absolute atomic E-state index is 0.395. The van der Waals surface area contributed by atoms with Gasteiger partial charge < -0.3 is 5.11 Å². The Morgan fingerprint density at radius 3 is 2.89 bits per heavy atom. The second-order valence-corrected chi connectivity index (χ2v) is 4.90. The van der Waals surface area contributed by atoms with Gasteiger partial charge in [-0.25, -0.2) is 9.07 Å². The molecule has 0 aliphatic carbocycles. The highest BCUT2D eigenvalue weighted by molar-refractivity contribution is 9.10. The number of aryl methyl sites for hydroxylation is 1. The van der Waals surface area contributed by atoms with Crippen LogP contribution in [0.4, 0.5) is 4.39 Å². The highest BCUT2D eigenvalue weighted by atomic mass is 79.9. The maximum absolute atomic E-state index is 13.3. The third-order valence-electron chi connectivity index (χ3n) is 2.56. The van der Waals surface area contributed by atoms with Crippen LogP contribution in [0.25, 0.3) is 0 Å².